The van der Waals surface area contributed by atoms with Crippen molar-refractivity contribution in [3.63, 3.8) is 0 Å². The molecule has 4 nitrogen and oxygen atoms in total. The summed E-state index contributed by atoms with van der Waals surface area (Å²) in [5.41, 5.74) is 0.535. The van der Waals surface area contributed by atoms with Crippen LogP contribution in [0.3, 0.4) is 0 Å². The average molecular weight is 291 g/mol. The molecule has 1 heterocycles. The van der Waals surface area contributed by atoms with E-state index in [0.717, 1.165) is 5.75 Å². The molecule has 116 valence electrons. The zero-order valence-electron chi connectivity index (χ0n) is 12.8. The van der Waals surface area contributed by atoms with Crippen LogP contribution < -0.4 is 10.1 Å². The van der Waals surface area contributed by atoms with Crippen LogP contribution in [0.4, 0.5) is 0 Å². The molecule has 4 heteroatoms. The maximum Gasteiger partial charge on any atom is 0.118 e. The fraction of sp³-hybridized carbons (Fsp3) is 0.647. The van der Waals surface area contributed by atoms with E-state index in [1.54, 1.807) is 7.11 Å². The minimum absolute atomic E-state index is 0.0966. The maximum absolute atomic E-state index is 10.6. The molecule has 3 atom stereocenters. The summed E-state index contributed by atoms with van der Waals surface area (Å²) in [6, 6.07) is 8.55. The quantitative estimate of drug-likeness (QED) is 0.844. The summed E-state index contributed by atoms with van der Waals surface area (Å²) in [6.45, 7) is 3.19. The lowest BCUT2D eigenvalue weighted by Crippen LogP contribution is -2.47. The van der Waals surface area contributed by atoms with E-state index in [-0.39, 0.29) is 6.10 Å². The van der Waals surface area contributed by atoms with E-state index in [1.165, 1.54) is 18.4 Å². The number of hydrogen-bond donors (Lipinski definition) is 2. The van der Waals surface area contributed by atoms with E-state index in [0.29, 0.717) is 31.5 Å². The first kappa shape index (κ1) is 14.8. The summed E-state index contributed by atoms with van der Waals surface area (Å²) in [6.07, 6.45) is 3.13. The molecule has 0 radical (unpaired) electrons. The first-order chi connectivity index (χ1) is 10.1. The predicted octanol–water partition coefficient (Wildman–Crippen LogP) is 2.28. The molecule has 0 spiro atoms. The summed E-state index contributed by atoms with van der Waals surface area (Å²) in [5, 5.41) is 14.2. The van der Waals surface area contributed by atoms with Gasteiger partial charge in [0.25, 0.3) is 0 Å². The lowest BCUT2D eigenvalue weighted by molar-refractivity contribution is -0.0281. The van der Waals surface area contributed by atoms with Gasteiger partial charge in [-0.15, -0.1) is 0 Å². The van der Waals surface area contributed by atoms with Gasteiger partial charge in [-0.3, -0.25) is 0 Å². The van der Waals surface area contributed by atoms with Gasteiger partial charge >= 0.3 is 0 Å². The number of rotatable bonds is 6. The van der Waals surface area contributed by atoms with Crippen LogP contribution in [0.15, 0.2) is 24.3 Å². The molecule has 1 aliphatic heterocycles. The van der Waals surface area contributed by atoms with Gasteiger partial charge in [0.05, 0.1) is 13.2 Å². The van der Waals surface area contributed by atoms with Crippen LogP contribution >= 0.6 is 0 Å². The Balaban J connectivity index is 1.67. The summed E-state index contributed by atoms with van der Waals surface area (Å²) in [4.78, 5) is 0. The molecule has 2 N–H and O–H groups in total. The Morgan fingerprint density at radius 1 is 1.38 bits per heavy atom. The van der Waals surface area contributed by atoms with Crippen molar-refractivity contribution in [1.29, 1.82) is 0 Å². The van der Waals surface area contributed by atoms with E-state index >= 15 is 0 Å². The van der Waals surface area contributed by atoms with Gasteiger partial charge in [-0.1, -0.05) is 12.1 Å². The number of aliphatic hydroxyl groups is 1. The third-order valence-corrected chi connectivity index (χ3v) is 4.86. The molecule has 3 rings (SSSR count). The molecular formula is C17H25NO3. The van der Waals surface area contributed by atoms with Crippen molar-refractivity contribution in [2.24, 2.45) is 5.92 Å². The first-order valence-electron chi connectivity index (χ1n) is 7.84. The first-order valence-corrected chi connectivity index (χ1v) is 7.84. The van der Waals surface area contributed by atoms with Crippen molar-refractivity contribution < 1.29 is 14.6 Å². The van der Waals surface area contributed by atoms with Gasteiger partial charge in [-0.25, -0.2) is 0 Å². The Morgan fingerprint density at radius 3 is 2.62 bits per heavy atom. The molecule has 2 aliphatic rings. The minimum Gasteiger partial charge on any atom is -0.497 e. The zero-order valence-corrected chi connectivity index (χ0v) is 12.8. The summed E-state index contributed by atoms with van der Waals surface area (Å²) in [7, 11) is 1.68. The van der Waals surface area contributed by atoms with Crippen LogP contribution in [0.25, 0.3) is 0 Å². The number of benzene rings is 1. The van der Waals surface area contributed by atoms with E-state index < -0.39 is 5.60 Å². The summed E-state index contributed by atoms with van der Waals surface area (Å²) >= 11 is 0. The predicted molar refractivity (Wildman–Crippen MR) is 81.4 cm³/mol. The van der Waals surface area contributed by atoms with Crippen LogP contribution in [0.2, 0.25) is 0 Å². The van der Waals surface area contributed by atoms with Crippen LogP contribution in [-0.2, 0) is 4.74 Å². The second-order valence-electron chi connectivity index (χ2n) is 6.34. The molecule has 1 aromatic rings. The second-order valence-corrected chi connectivity index (χ2v) is 6.34. The Bertz CT molecular complexity index is 471. The van der Waals surface area contributed by atoms with E-state index in [2.05, 4.69) is 17.4 Å². The van der Waals surface area contributed by atoms with Gasteiger partial charge < -0.3 is 19.9 Å². The largest absolute Gasteiger partial charge is 0.497 e. The maximum atomic E-state index is 10.6. The molecule has 1 aliphatic carbocycles. The van der Waals surface area contributed by atoms with Crippen molar-refractivity contribution in [3.8, 4) is 5.75 Å². The monoisotopic (exact) mass is 291 g/mol. The molecule has 0 amide bonds. The molecule has 1 aromatic carbocycles. The highest BCUT2D eigenvalue weighted by Gasteiger charge is 2.41. The second kappa shape index (κ2) is 5.95. The Labute approximate surface area is 126 Å². The topological polar surface area (TPSA) is 50.7 Å². The van der Waals surface area contributed by atoms with Crippen molar-refractivity contribution in [2.75, 3.05) is 20.3 Å². The van der Waals surface area contributed by atoms with Crippen LogP contribution in [0.1, 0.15) is 37.8 Å². The number of methoxy groups -OCH3 is 1. The van der Waals surface area contributed by atoms with Crippen molar-refractivity contribution in [1.82, 2.24) is 5.32 Å². The van der Waals surface area contributed by atoms with Crippen molar-refractivity contribution in [2.45, 2.75) is 43.9 Å². The summed E-state index contributed by atoms with van der Waals surface area (Å²) in [5.74, 6) is 1.56. The van der Waals surface area contributed by atoms with Crippen molar-refractivity contribution >= 4 is 0 Å². The fourth-order valence-electron chi connectivity index (χ4n) is 3.09. The number of hydrogen-bond acceptors (Lipinski definition) is 4. The highest BCUT2D eigenvalue weighted by Crippen LogP contribution is 2.41. The smallest absolute Gasteiger partial charge is 0.118 e. The van der Waals surface area contributed by atoms with Crippen LogP contribution in [0, 0.1) is 5.92 Å². The standard InChI is InChI=1S/C17H25NO3/c1-12-17(19,9-10-21-12)11-18-16(13-3-4-13)14-5-7-15(20-2)8-6-14/h5-8,12-13,16,18-19H,3-4,9-11H2,1-2H3. The normalized spacial score (nSPS) is 30.3. The van der Waals surface area contributed by atoms with Crippen LogP contribution in [0.5, 0.6) is 5.75 Å². The third kappa shape index (κ3) is 3.23. The lowest BCUT2D eigenvalue weighted by atomic mass is 9.94. The number of ether oxygens (including phenoxy) is 2. The van der Waals surface area contributed by atoms with E-state index in [9.17, 15) is 5.11 Å². The zero-order chi connectivity index (χ0) is 14.9. The van der Waals surface area contributed by atoms with E-state index in [1.807, 2.05) is 19.1 Å². The highest BCUT2D eigenvalue weighted by atomic mass is 16.5. The Hall–Kier alpha value is -1.10. The van der Waals surface area contributed by atoms with Gasteiger partial charge in [0.2, 0.25) is 0 Å². The van der Waals surface area contributed by atoms with Crippen LogP contribution in [-0.4, -0.2) is 37.1 Å². The molecule has 3 unspecified atom stereocenters. The SMILES string of the molecule is COc1ccc(C(NCC2(O)CCOC2C)C2CC2)cc1. The molecule has 0 aromatic heterocycles. The Morgan fingerprint density at radius 2 is 2.10 bits per heavy atom. The lowest BCUT2D eigenvalue weighted by Gasteiger charge is -2.29. The highest BCUT2D eigenvalue weighted by molar-refractivity contribution is 5.30. The molecule has 1 saturated heterocycles. The van der Waals surface area contributed by atoms with E-state index in [4.69, 9.17) is 9.47 Å². The third-order valence-electron chi connectivity index (χ3n) is 4.86. The van der Waals surface area contributed by atoms with Gasteiger partial charge in [0.1, 0.15) is 11.4 Å². The van der Waals surface area contributed by atoms with Gasteiger partial charge in [0, 0.05) is 25.6 Å². The minimum atomic E-state index is -0.736. The van der Waals surface area contributed by atoms with Gasteiger partial charge in [-0.05, 0) is 43.4 Å². The fourth-order valence-corrected chi connectivity index (χ4v) is 3.09. The Kier molecular flexibility index (Phi) is 4.20. The molecule has 0 bridgehead atoms. The van der Waals surface area contributed by atoms with Crippen molar-refractivity contribution in [3.05, 3.63) is 29.8 Å². The molecule has 2 fully saturated rings. The average Bonchev–Trinajstić information content (AvgIpc) is 3.27. The van der Waals surface area contributed by atoms with Gasteiger partial charge in [-0.2, -0.15) is 0 Å². The molecule has 1 saturated carbocycles. The molecular weight excluding hydrogens is 266 g/mol. The molecule has 21 heavy (non-hydrogen) atoms. The van der Waals surface area contributed by atoms with Gasteiger partial charge in [0.15, 0.2) is 0 Å². The summed E-state index contributed by atoms with van der Waals surface area (Å²) < 4.78 is 10.7. The number of nitrogens with one attached hydrogen (secondary N) is 1.